The van der Waals surface area contributed by atoms with Crippen LogP contribution in [0.2, 0.25) is 0 Å². The number of nitrogens with zero attached hydrogens (tertiary/aromatic N) is 1. The fourth-order valence-electron chi connectivity index (χ4n) is 2.29. The van der Waals surface area contributed by atoms with Crippen LogP contribution in [-0.2, 0) is 6.61 Å². The second-order valence-electron chi connectivity index (χ2n) is 5.23. The Morgan fingerprint density at radius 2 is 1.96 bits per heavy atom. The Balaban J connectivity index is 1.76. The fraction of sp³-hybridized carbons (Fsp3) is 0.111. The van der Waals surface area contributed by atoms with Gasteiger partial charge in [-0.05, 0) is 42.3 Å². The molecule has 0 radical (unpaired) electrons. The first-order chi connectivity index (χ1) is 11.1. The minimum atomic E-state index is -1.02. The Bertz CT molecular complexity index is 825. The van der Waals surface area contributed by atoms with Gasteiger partial charge in [0, 0.05) is 5.56 Å². The van der Waals surface area contributed by atoms with E-state index in [1.165, 1.54) is 6.07 Å². The molecule has 1 heterocycles. The van der Waals surface area contributed by atoms with Gasteiger partial charge in [0.15, 0.2) is 0 Å². The molecule has 23 heavy (non-hydrogen) atoms. The third kappa shape index (κ3) is 3.40. The molecule has 3 aromatic rings. The van der Waals surface area contributed by atoms with Gasteiger partial charge in [0.1, 0.15) is 18.1 Å². The molecule has 0 aliphatic carbocycles. The highest BCUT2D eigenvalue weighted by atomic mass is 16.5. The molecule has 116 valence electrons. The van der Waals surface area contributed by atoms with Crippen molar-refractivity contribution < 1.29 is 14.6 Å². The molecule has 3 rings (SSSR count). The summed E-state index contributed by atoms with van der Waals surface area (Å²) < 4.78 is 5.83. The van der Waals surface area contributed by atoms with Crippen molar-refractivity contribution in [1.29, 1.82) is 0 Å². The van der Waals surface area contributed by atoms with Crippen molar-refractivity contribution >= 4 is 5.97 Å². The van der Waals surface area contributed by atoms with E-state index in [9.17, 15) is 4.79 Å². The van der Waals surface area contributed by atoms with Crippen LogP contribution in [-0.4, -0.2) is 21.3 Å². The van der Waals surface area contributed by atoms with Gasteiger partial charge in [-0.1, -0.05) is 30.3 Å². The summed E-state index contributed by atoms with van der Waals surface area (Å²) in [5.74, 6) is -0.227. The van der Waals surface area contributed by atoms with Crippen molar-refractivity contribution in [2.24, 2.45) is 0 Å². The Labute approximate surface area is 133 Å². The van der Waals surface area contributed by atoms with Gasteiger partial charge in [0.2, 0.25) is 0 Å². The average Bonchev–Trinajstić information content (AvgIpc) is 3.05. The van der Waals surface area contributed by atoms with E-state index in [-0.39, 0.29) is 5.69 Å². The standard InChI is InChI=1S/C18H16N2O3/c1-12-9-14(15-10-16(18(21)22)20-19-15)7-8-17(12)23-11-13-5-3-2-4-6-13/h2-10H,11H2,1H3,(H,19,20)(H,21,22). The Kier molecular flexibility index (Phi) is 4.10. The van der Waals surface area contributed by atoms with Gasteiger partial charge in [-0.3, -0.25) is 5.10 Å². The molecule has 0 atom stereocenters. The van der Waals surface area contributed by atoms with E-state index < -0.39 is 5.97 Å². The van der Waals surface area contributed by atoms with Gasteiger partial charge >= 0.3 is 5.97 Å². The zero-order valence-electron chi connectivity index (χ0n) is 12.6. The molecular formula is C18H16N2O3. The third-order valence-electron chi connectivity index (χ3n) is 3.52. The zero-order chi connectivity index (χ0) is 16.2. The van der Waals surface area contributed by atoms with E-state index in [0.717, 1.165) is 22.4 Å². The molecule has 2 aromatic carbocycles. The molecule has 5 nitrogen and oxygen atoms in total. The molecule has 5 heteroatoms. The quantitative estimate of drug-likeness (QED) is 0.754. The van der Waals surface area contributed by atoms with Crippen LogP contribution in [0.5, 0.6) is 5.75 Å². The lowest BCUT2D eigenvalue weighted by Gasteiger charge is -2.10. The van der Waals surface area contributed by atoms with Gasteiger partial charge in [0.25, 0.3) is 0 Å². The molecule has 0 spiro atoms. The highest BCUT2D eigenvalue weighted by Gasteiger charge is 2.10. The molecule has 0 saturated heterocycles. The first-order valence-corrected chi connectivity index (χ1v) is 7.20. The van der Waals surface area contributed by atoms with Crippen molar-refractivity contribution in [1.82, 2.24) is 10.2 Å². The highest BCUT2D eigenvalue weighted by molar-refractivity contribution is 5.86. The molecule has 1 aromatic heterocycles. The van der Waals surface area contributed by atoms with Crippen LogP contribution in [0.3, 0.4) is 0 Å². The molecule has 0 saturated carbocycles. The number of carboxylic acids is 1. The highest BCUT2D eigenvalue weighted by Crippen LogP contribution is 2.26. The fourth-order valence-corrected chi connectivity index (χ4v) is 2.29. The smallest absolute Gasteiger partial charge is 0.353 e. The van der Waals surface area contributed by atoms with Crippen LogP contribution in [0.4, 0.5) is 0 Å². The maximum Gasteiger partial charge on any atom is 0.353 e. The lowest BCUT2D eigenvalue weighted by molar-refractivity contribution is 0.0690. The van der Waals surface area contributed by atoms with Crippen LogP contribution in [0, 0.1) is 6.92 Å². The maximum atomic E-state index is 10.9. The summed E-state index contributed by atoms with van der Waals surface area (Å²) in [5.41, 5.74) is 3.59. The SMILES string of the molecule is Cc1cc(-c2cc(C(=O)O)[nH]n2)ccc1OCc1ccccc1. The first kappa shape index (κ1) is 14.8. The zero-order valence-corrected chi connectivity index (χ0v) is 12.6. The molecule has 0 aliphatic rings. The van der Waals surface area contributed by atoms with Gasteiger partial charge in [-0.25, -0.2) is 4.79 Å². The Morgan fingerprint density at radius 3 is 2.61 bits per heavy atom. The number of hydrogen-bond donors (Lipinski definition) is 2. The number of carbonyl (C=O) groups is 1. The lowest BCUT2D eigenvalue weighted by Crippen LogP contribution is -1.97. The van der Waals surface area contributed by atoms with Crippen LogP contribution in [0.1, 0.15) is 21.6 Å². The monoisotopic (exact) mass is 308 g/mol. The largest absolute Gasteiger partial charge is 0.489 e. The van der Waals surface area contributed by atoms with Crippen molar-refractivity contribution in [2.45, 2.75) is 13.5 Å². The van der Waals surface area contributed by atoms with Crippen LogP contribution >= 0.6 is 0 Å². The molecule has 0 fully saturated rings. The lowest BCUT2D eigenvalue weighted by atomic mass is 10.1. The summed E-state index contributed by atoms with van der Waals surface area (Å²) in [5, 5.41) is 15.5. The molecule has 0 amide bonds. The number of rotatable bonds is 5. The van der Waals surface area contributed by atoms with Crippen LogP contribution in [0.15, 0.2) is 54.6 Å². The molecule has 0 bridgehead atoms. The number of carboxylic acid groups (broad SMARTS) is 1. The van der Waals surface area contributed by atoms with Crippen molar-refractivity contribution in [2.75, 3.05) is 0 Å². The molecular weight excluding hydrogens is 292 g/mol. The van der Waals surface area contributed by atoms with Gasteiger partial charge in [0.05, 0.1) is 5.69 Å². The number of H-pyrrole nitrogens is 1. The van der Waals surface area contributed by atoms with Crippen LogP contribution < -0.4 is 4.74 Å². The van der Waals surface area contributed by atoms with E-state index in [0.29, 0.717) is 12.3 Å². The van der Waals surface area contributed by atoms with Gasteiger partial charge in [-0.15, -0.1) is 0 Å². The van der Waals surface area contributed by atoms with E-state index in [1.807, 2.05) is 55.5 Å². The van der Waals surface area contributed by atoms with Crippen molar-refractivity contribution in [3.05, 3.63) is 71.4 Å². The summed E-state index contributed by atoms with van der Waals surface area (Å²) in [4.78, 5) is 10.9. The Morgan fingerprint density at radius 1 is 1.17 bits per heavy atom. The summed E-state index contributed by atoms with van der Waals surface area (Å²) in [6.07, 6.45) is 0. The first-order valence-electron chi connectivity index (χ1n) is 7.20. The average molecular weight is 308 g/mol. The van der Waals surface area contributed by atoms with E-state index in [4.69, 9.17) is 9.84 Å². The molecule has 0 aliphatic heterocycles. The van der Waals surface area contributed by atoms with E-state index in [2.05, 4.69) is 10.2 Å². The second-order valence-corrected chi connectivity index (χ2v) is 5.23. The summed E-state index contributed by atoms with van der Waals surface area (Å²) in [6.45, 7) is 2.46. The summed E-state index contributed by atoms with van der Waals surface area (Å²) in [6, 6.07) is 17.2. The second kappa shape index (κ2) is 6.36. The van der Waals surface area contributed by atoms with E-state index >= 15 is 0 Å². The number of ether oxygens (including phenoxy) is 1. The number of nitrogens with one attached hydrogen (secondary N) is 1. The number of aromatic amines is 1. The van der Waals surface area contributed by atoms with Gasteiger partial charge < -0.3 is 9.84 Å². The third-order valence-corrected chi connectivity index (χ3v) is 3.52. The van der Waals surface area contributed by atoms with Crippen molar-refractivity contribution in [3.63, 3.8) is 0 Å². The predicted octanol–water partition coefficient (Wildman–Crippen LogP) is 3.66. The van der Waals surface area contributed by atoms with Gasteiger partial charge in [-0.2, -0.15) is 5.10 Å². The maximum absolute atomic E-state index is 10.9. The topological polar surface area (TPSA) is 75.2 Å². The number of aryl methyl sites for hydroxylation is 1. The minimum absolute atomic E-state index is 0.0713. The van der Waals surface area contributed by atoms with E-state index in [1.54, 1.807) is 0 Å². The predicted molar refractivity (Wildman–Crippen MR) is 86.5 cm³/mol. The normalized spacial score (nSPS) is 10.5. The minimum Gasteiger partial charge on any atom is -0.489 e. The number of aromatic nitrogens is 2. The summed E-state index contributed by atoms with van der Waals surface area (Å²) in [7, 11) is 0. The number of aromatic carboxylic acids is 1. The Hall–Kier alpha value is -3.08. The van der Waals surface area contributed by atoms with Crippen molar-refractivity contribution in [3.8, 4) is 17.0 Å². The summed E-state index contributed by atoms with van der Waals surface area (Å²) >= 11 is 0. The number of benzene rings is 2. The molecule has 0 unspecified atom stereocenters. The number of hydrogen-bond acceptors (Lipinski definition) is 3. The van der Waals surface area contributed by atoms with Crippen LogP contribution in [0.25, 0.3) is 11.3 Å². The molecule has 2 N–H and O–H groups in total.